The topological polar surface area (TPSA) is 46.6 Å². The number of ether oxygens (including phenoxy) is 1. The van der Waals surface area contributed by atoms with Gasteiger partial charge in [-0.25, -0.2) is 4.79 Å². The van der Waals surface area contributed by atoms with Crippen LogP contribution in [0.2, 0.25) is 0 Å². The van der Waals surface area contributed by atoms with Gasteiger partial charge in [-0.3, -0.25) is 9.69 Å². The number of amides is 1. The number of Topliss-reactive ketones (excluding diaryl/α,β-unsaturated/α-hetero) is 1. The summed E-state index contributed by atoms with van der Waals surface area (Å²) >= 11 is 5.74. The Bertz CT molecular complexity index is 405. The maximum Gasteiger partial charge on any atom is 0.411 e. The molecular weight excluding hydrogens is 290 g/mol. The number of rotatable bonds is 2. The Morgan fingerprint density at radius 3 is 2.43 bits per heavy atom. The lowest BCUT2D eigenvalue weighted by Crippen LogP contribution is -2.58. The zero-order valence-electron chi connectivity index (χ0n) is 13.2. The molecular formula is C16H26ClNO3. The highest BCUT2D eigenvalue weighted by molar-refractivity contribution is 6.28. The molecule has 1 heterocycles. The Morgan fingerprint density at radius 1 is 1.14 bits per heavy atom. The van der Waals surface area contributed by atoms with E-state index in [0.717, 1.165) is 25.7 Å². The molecule has 2 aliphatic rings. The third-order valence-corrected chi connectivity index (χ3v) is 4.74. The first-order chi connectivity index (χ1) is 9.83. The van der Waals surface area contributed by atoms with E-state index in [4.69, 9.17) is 16.3 Å². The summed E-state index contributed by atoms with van der Waals surface area (Å²) in [4.78, 5) is 26.5. The molecule has 2 fully saturated rings. The molecule has 1 saturated heterocycles. The van der Waals surface area contributed by atoms with Gasteiger partial charge in [0.1, 0.15) is 5.60 Å². The summed E-state index contributed by atoms with van der Waals surface area (Å²) in [6.45, 7) is 5.56. The van der Waals surface area contributed by atoms with Crippen molar-refractivity contribution in [2.24, 2.45) is 5.92 Å². The Hall–Kier alpha value is -0.770. The molecule has 0 aromatic rings. The summed E-state index contributed by atoms with van der Waals surface area (Å²) in [5, 5.41) is 0. The monoisotopic (exact) mass is 315 g/mol. The summed E-state index contributed by atoms with van der Waals surface area (Å²) in [6, 6.07) is -0.267. The summed E-state index contributed by atoms with van der Waals surface area (Å²) in [7, 11) is 0. The molecule has 0 radical (unpaired) electrons. The summed E-state index contributed by atoms with van der Waals surface area (Å²) < 4.78 is 5.54. The first-order valence-electron chi connectivity index (χ1n) is 7.93. The van der Waals surface area contributed by atoms with Crippen molar-refractivity contribution in [2.75, 3.05) is 5.88 Å². The van der Waals surface area contributed by atoms with Gasteiger partial charge >= 0.3 is 6.09 Å². The first-order valence-corrected chi connectivity index (χ1v) is 8.47. The minimum absolute atomic E-state index is 0.0403. The lowest BCUT2D eigenvalue weighted by Gasteiger charge is -2.47. The third-order valence-electron chi connectivity index (χ3n) is 4.48. The van der Waals surface area contributed by atoms with Crippen molar-refractivity contribution >= 4 is 23.5 Å². The number of alkyl halides is 1. The van der Waals surface area contributed by atoms with Crippen LogP contribution >= 0.6 is 11.6 Å². The van der Waals surface area contributed by atoms with E-state index >= 15 is 0 Å². The zero-order valence-corrected chi connectivity index (χ0v) is 14.0. The first kappa shape index (κ1) is 16.6. The van der Waals surface area contributed by atoms with Gasteiger partial charge in [0.05, 0.1) is 11.9 Å². The van der Waals surface area contributed by atoms with Gasteiger partial charge < -0.3 is 4.74 Å². The number of nitrogens with zero attached hydrogens (tertiary/aromatic N) is 1. The van der Waals surface area contributed by atoms with Gasteiger partial charge in [-0.1, -0.05) is 12.8 Å². The molecule has 21 heavy (non-hydrogen) atoms. The number of hydrogen-bond acceptors (Lipinski definition) is 3. The second kappa shape index (κ2) is 6.55. The minimum Gasteiger partial charge on any atom is -0.444 e. The number of carbonyl (C=O) groups excluding carboxylic acids is 2. The molecule has 0 aromatic carbocycles. The molecule has 0 spiro atoms. The van der Waals surface area contributed by atoms with Crippen LogP contribution < -0.4 is 0 Å². The fourth-order valence-electron chi connectivity index (χ4n) is 3.62. The summed E-state index contributed by atoms with van der Waals surface area (Å²) in [5.74, 6) is 0.402. The van der Waals surface area contributed by atoms with E-state index in [1.807, 2.05) is 20.8 Å². The third kappa shape index (κ3) is 3.91. The molecule has 0 aromatic heterocycles. The van der Waals surface area contributed by atoms with Gasteiger partial charge in [0.2, 0.25) is 0 Å². The molecule has 3 unspecified atom stereocenters. The van der Waals surface area contributed by atoms with Crippen LogP contribution in [0.15, 0.2) is 0 Å². The van der Waals surface area contributed by atoms with Crippen molar-refractivity contribution in [1.82, 2.24) is 4.90 Å². The van der Waals surface area contributed by atoms with Crippen molar-refractivity contribution in [3.63, 3.8) is 0 Å². The van der Waals surface area contributed by atoms with Crippen LogP contribution in [0, 0.1) is 5.92 Å². The molecule has 0 bridgehead atoms. The van der Waals surface area contributed by atoms with Crippen LogP contribution in [0.3, 0.4) is 0 Å². The van der Waals surface area contributed by atoms with E-state index in [9.17, 15) is 9.59 Å². The number of likely N-dealkylation sites (tertiary alicyclic amines) is 1. The second-order valence-electron chi connectivity index (χ2n) is 7.19. The van der Waals surface area contributed by atoms with Crippen molar-refractivity contribution in [2.45, 2.75) is 77.0 Å². The fourth-order valence-corrected chi connectivity index (χ4v) is 3.79. The normalized spacial score (nSPS) is 29.7. The highest BCUT2D eigenvalue weighted by Gasteiger charge is 2.44. The number of ketones is 1. The van der Waals surface area contributed by atoms with E-state index < -0.39 is 11.6 Å². The Labute approximate surface area is 132 Å². The maximum absolute atomic E-state index is 12.6. The zero-order chi connectivity index (χ0) is 15.6. The molecule has 0 N–H and O–H groups in total. The number of fused-ring (bicyclic) bond motifs is 1. The van der Waals surface area contributed by atoms with Gasteiger partial charge in [-0.15, -0.1) is 11.6 Å². The van der Waals surface area contributed by atoms with Crippen LogP contribution in [-0.2, 0) is 9.53 Å². The van der Waals surface area contributed by atoms with E-state index in [1.165, 1.54) is 6.42 Å². The van der Waals surface area contributed by atoms with Gasteiger partial charge in [0.15, 0.2) is 5.78 Å². The van der Waals surface area contributed by atoms with Gasteiger partial charge in [-0.05, 0) is 52.4 Å². The highest BCUT2D eigenvalue weighted by Crippen LogP contribution is 2.38. The number of halogens is 1. The number of carbonyl (C=O) groups is 2. The fraction of sp³-hybridized carbons (Fsp3) is 0.875. The molecule has 3 atom stereocenters. The molecule has 1 aliphatic heterocycles. The van der Waals surface area contributed by atoms with Gasteiger partial charge in [0, 0.05) is 6.04 Å². The quantitative estimate of drug-likeness (QED) is 0.729. The Kier molecular flexibility index (Phi) is 5.18. The van der Waals surface area contributed by atoms with Crippen molar-refractivity contribution in [1.29, 1.82) is 0 Å². The minimum atomic E-state index is -0.548. The van der Waals surface area contributed by atoms with Gasteiger partial charge in [0.25, 0.3) is 0 Å². The van der Waals surface area contributed by atoms with Crippen molar-refractivity contribution < 1.29 is 14.3 Å². The number of hydrogen-bond donors (Lipinski definition) is 0. The van der Waals surface area contributed by atoms with Crippen LogP contribution in [0.4, 0.5) is 4.79 Å². The average molecular weight is 316 g/mol. The van der Waals surface area contributed by atoms with Crippen molar-refractivity contribution in [3.05, 3.63) is 0 Å². The predicted molar refractivity (Wildman–Crippen MR) is 82.6 cm³/mol. The molecule has 2 rings (SSSR count). The summed E-state index contributed by atoms with van der Waals surface area (Å²) in [5.41, 5.74) is -0.548. The summed E-state index contributed by atoms with van der Waals surface area (Å²) in [6.07, 6.45) is 5.81. The van der Waals surface area contributed by atoms with Crippen LogP contribution in [0.1, 0.15) is 59.3 Å². The molecule has 5 heteroatoms. The van der Waals surface area contributed by atoms with Gasteiger partial charge in [-0.2, -0.15) is 0 Å². The average Bonchev–Trinajstić information content (AvgIpc) is 2.43. The molecule has 1 amide bonds. The standard InChI is InChI=1S/C16H26ClNO3/c1-16(2,3)21-15(20)18-12-7-5-4-6-11(12)8-9-13(18)14(19)10-17/h11-13H,4-10H2,1-3H3. The van der Waals surface area contributed by atoms with E-state index in [1.54, 1.807) is 4.90 Å². The Balaban J connectivity index is 2.22. The molecule has 1 aliphatic carbocycles. The van der Waals surface area contributed by atoms with E-state index in [0.29, 0.717) is 12.3 Å². The highest BCUT2D eigenvalue weighted by atomic mass is 35.5. The number of piperidine rings is 1. The van der Waals surface area contributed by atoms with E-state index in [-0.39, 0.29) is 23.8 Å². The Morgan fingerprint density at radius 2 is 1.81 bits per heavy atom. The lowest BCUT2D eigenvalue weighted by atomic mass is 9.76. The lowest BCUT2D eigenvalue weighted by molar-refractivity contribution is -0.126. The molecule has 4 nitrogen and oxygen atoms in total. The second-order valence-corrected chi connectivity index (χ2v) is 7.46. The van der Waals surface area contributed by atoms with Crippen LogP contribution in [0.5, 0.6) is 0 Å². The van der Waals surface area contributed by atoms with Crippen LogP contribution in [0.25, 0.3) is 0 Å². The molecule has 120 valence electrons. The van der Waals surface area contributed by atoms with E-state index in [2.05, 4.69) is 0 Å². The SMILES string of the molecule is CC(C)(C)OC(=O)N1C(C(=O)CCl)CCC2CCCCC21. The van der Waals surface area contributed by atoms with Crippen LogP contribution in [-0.4, -0.2) is 40.3 Å². The van der Waals surface area contributed by atoms with Crippen molar-refractivity contribution in [3.8, 4) is 0 Å². The smallest absolute Gasteiger partial charge is 0.411 e. The largest absolute Gasteiger partial charge is 0.444 e. The predicted octanol–water partition coefficient (Wildman–Crippen LogP) is 3.75. The maximum atomic E-state index is 12.6. The molecule has 1 saturated carbocycles.